The van der Waals surface area contributed by atoms with E-state index in [1.165, 1.54) is 0 Å². The number of aliphatic hydroxyl groups is 1. The Morgan fingerprint density at radius 2 is 1.43 bits per heavy atom. The number of aliphatic hydroxyl groups excluding tert-OH is 1. The normalized spacial score (nSPS) is 11.6. The summed E-state index contributed by atoms with van der Waals surface area (Å²) in [6.45, 7) is 5.53. The van der Waals surface area contributed by atoms with Crippen LogP contribution in [0.2, 0.25) is 0 Å². The molecule has 2 aromatic rings. The highest BCUT2D eigenvalue weighted by atomic mass is 16.6. The van der Waals surface area contributed by atoms with E-state index in [0.29, 0.717) is 19.4 Å². The van der Waals surface area contributed by atoms with E-state index >= 15 is 0 Å². The number of rotatable bonds is 9. The Morgan fingerprint density at radius 3 is 1.90 bits per heavy atom. The van der Waals surface area contributed by atoms with E-state index in [0.717, 1.165) is 11.1 Å². The first-order valence-corrected chi connectivity index (χ1v) is 10.2. The van der Waals surface area contributed by atoms with Crippen molar-refractivity contribution in [2.75, 3.05) is 19.7 Å². The fraction of sp³-hybridized carbons (Fsp3) is 0.417. The Hall–Kier alpha value is -2.86. The summed E-state index contributed by atoms with van der Waals surface area (Å²) in [6.07, 6.45) is 0.628. The van der Waals surface area contributed by atoms with Gasteiger partial charge in [-0.2, -0.15) is 0 Å². The molecule has 0 aliphatic carbocycles. The minimum absolute atomic E-state index is 0.0650. The molecule has 0 atom stereocenters. The number of carbonyl (C=O) groups is 2. The van der Waals surface area contributed by atoms with Crippen molar-refractivity contribution < 1.29 is 19.4 Å². The molecule has 2 amide bonds. The zero-order valence-corrected chi connectivity index (χ0v) is 18.0. The van der Waals surface area contributed by atoms with E-state index in [-0.39, 0.29) is 19.1 Å². The van der Waals surface area contributed by atoms with Crippen LogP contribution >= 0.6 is 0 Å². The number of alkyl carbamates (subject to hydrolysis) is 1. The molecule has 0 saturated carbocycles. The monoisotopic (exact) mass is 412 g/mol. The van der Waals surface area contributed by atoms with Gasteiger partial charge in [-0.1, -0.05) is 60.7 Å². The molecule has 2 aromatic carbocycles. The second kappa shape index (κ2) is 10.8. The largest absolute Gasteiger partial charge is 0.444 e. The van der Waals surface area contributed by atoms with Crippen LogP contribution in [0.3, 0.4) is 0 Å². The Labute approximate surface area is 178 Å². The first-order valence-electron chi connectivity index (χ1n) is 10.2. The van der Waals surface area contributed by atoms with Gasteiger partial charge in [-0.3, -0.25) is 4.79 Å². The molecule has 6 nitrogen and oxygen atoms in total. The van der Waals surface area contributed by atoms with Crippen molar-refractivity contribution >= 4 is 12.0 Å². The second-order valence-corrected chi connectivity index (χ2v) is 8.27. The molecule has 0 aromatic heterocycles. The number of carbonyl (C=O) groups excluding carboxylic acids is 2. The maximum Gasteiger partial charge on any atom is 0.408 e. The van der Waals surface area contributed by atoms with Crippen molar-refractivity contribution in [1.82, 2.24) is 10.6 Å². The zero-order chi connectivity index (χ0) is 22.0. The first kappa shape index (κ1) is 23.4. The number of hydrogen-bond donors (Lipinski definition) is 3. The van der Waals surface area contributed by atoms with Gasteiger partial charge in [-0.15, -0.1) is 0 Å². The van der Waals surface area contributed by atoms with E-state index < -0.39 is 17.1 Å². The fourth-order valence-corrected chi connectivity index (χ4v) is 3.42. The maximum atomic E-state index is 12.5. The van der Waals surface area contributed by atoms with Crippen molar-refractivity contribution in [3.8, 4) is 0 Å². The van der Waals surface area contributed by atoms with E-state index in [1.807, 2.05) is 60.7 Å². The third kappa shape index (κ3) is 6.88. The number of amides is 2. The van der Waals surface area contributed by atoms with Crippen molar-refractivity contribution in [3.05, 3.63) is 71.8 Å². The highest BCUT2D eigenvalue weighted by Gasteiger charge is 2.34. The van der Waals surface area contributed by atoms with Crippen LogP contribution in [0.25, 0.3) is 0 Å². The van der Waals surface area contributed by atoms with Crippen LogP contribution in [0.15, 0.2) is 60.7 Å². The molecule has 6 heteroatoms. The first-order chi connectivity index (χ1) is 14.3. The smallest absolute Gasteiger partial charge is 0.408 e. The molecule has 30 heavy (non-hydrogen) atoms. The molecular weight excluding hydrogens is 380 g/mol. The molecule has 3 N–H and O–H groups in total. The summed E-state index contributed by atoms with van der Waals surface area (Å²) in [4.78, 5) is 24.3. The summed E-state index contributed by atoms with van der Waals surface area (Å²) >= 11 is 0. The molecule has 0 spiro atoms. The van der Waals surface area contributed by atoms with Crippen LogP contribution < -0.4 is 10.6 Å². The maximum absolute atomic E-state index is 12.5. The van der Waals surface area contributed by atoms with Crippen molar-refractivity contribution in [2.45, 2.75) is 44.6 Å². The lowest BCUT2D eigenvalue weighted by molar-refractivity contribution is -0.120. The van der Waals surface area contributed by atoms with Crippen LogP contribution in [0.1, 0.15) is 44.7 Å². The lowest BCUT2D eigenvalue weighted by atomic mass is 9.71. The predicted molar refractivity (Wildman–Crippen MR) is 117 cm³/mol. The average Bonchev–Trinajstić information content (AvgIpc) is 2.73. The molecule has 0 aliphatic rings. The molecule has 0 saturated heterocycles. The van der Waals surface area contributed by atoms with Crippen LogP contribution in [0.4, 0.5) is 4.79 Å². The van der Waals surface area contributed by atoms with Crippen molar-refractivity contribution in [3.63, 3.8) is 0 Å². The zero-order valence-electron chi connectivity index (χ0n) is 18.0. The van der Waals surface area contributed by atoms with Gasteiger partial charge >= 0.3 is 6.09 Å². The third-order valence-corrected chi connectivity index (χ3v) is 4.79. The third-order valence-electron chi connectivity index (χ3n) is 4.79. The topological polar surface area (TPSA) is 87.7 Å². The SMILES string of the molecule is CC(C)(C)OC(=O)NCC(=O)NCC(CCCO)(c1ccccc1)c1ccccc1. The van der Waals surface area contributed by atoms with Crippen molar-refractivity contribution in [2.24, 2.45) is 0 Å². The minimum atomic E-state index is -0.629. The van der Waals surface area contributed by atoms with E-state index in [1.54, 1.807) is 20.8 Å². The van der Waals surface area contributed by atoms with E-state index in [9.17, 15) is 14.7 Å². The standard InChI is InChI=1S/C24H32N2O4/c1-23(2,3)30-22(29)25-17-21(28)26-18-24(15-10-16-27,19-11-6-4-7-12-19)20-13-8-5-9-14-20/h4-9,11-14,27H,10,15-18H2,1-3H3,(H,25,29)(H,26,28). The van der Waals surface area contributed by atoms with Crippen LogP contribution in [0.5, 0.6) is 0 Å². The van der Waals surface area contributed by atoms with Gasteiger partial charge in [0.15, 0.2) is 0 Å². The van der Waals surface area contributed by atoms with Crippen LogP contribution in [0, 0.1) is 0 Å². The van der Waals surface area contributed by atoms with Gasteiger partial charge in [0.1, 0.15) is 5.60 Å². The van der Waals surface area contributed by atoms with Gasteiger partial charge in [0, 0.05) is 18.6 Å². The molecule has 0 radical (unpaired) electrons. The summed E-state index contributed by atoms with van der Waals surface area (Å²) in [7, 11) is 0. The average molecular weight is 413 g/mol. The van der Waals surface area contributed by atoms with E-state index in [4.69, 9.17) is 4.74 Å². The summed E-state index contributed by atoms with van der Waals surface area (Å²) < 4.78 is 5.17. The molecule has 0 heterocycles. The lowest BCUT2D eigenvalue weighted by Crippen LogP contribution is -2.45. The van der Waals surface area contributed by atoms with Gasteiger partial charge in [0.2, 0.25) is 5.91 Å². The quantitative estimate of drug-likeness (QED) is 0.589. The van der Waals surface area contributed by atoms with E-state index in [2.05, 4.69) is 10.6 Å². The molecule has 0 fully saturated rings. The predicted octanol–water partition coefficient (Wildman–Crippen LogP) is 3.39. The summed E-state index contributed by atoms with van der Waals surface area (Å²) in [5.41, 5.74) is 1.00. The van der Waals surface area contributed by atoms with Gasteiger partial charge < -0.3 is 20.5 Å². The van der Waals surface area contributed by atoms with Gasteiger partial charge in [0.25, 0.3) is 0 Å². The van der Waals surface area contributed by atoms with Crippen molar-refractivity contribution in [1.29, 1.82) is 0 Å². The number of hydrogen-bond acceptors (Lipinski definition) is 4. The fourth-order valence-electron chi connectivity index (χ4n) is 3.42. The minimum Gasteiger partial charge on any atom is -0.444 e. The van der Waals surface area contributed by atoms with Gasteiger partial charge in [0.05, 0.1) is 6.54 Å². The Bertz CT molecular complexity index is 761. The molecule has 0 unspecified atom stereocenters. The highest BCUT2D eigenvalue weighted by Crippen LogP contribution is 2.36. The molecule has 162 valence electrons. The van der Waals surface area contributed by atoms with Crippen LogP contribution in [-0.4, -0.2) is 42.4 Å². The lowest BCUT2D eigenvalue weighted by Gasteiger charge is -2.35. The summed E-state index contributed by atoms with van der Waals surface area (Å²) in [5.74, 6) is -0.305. The Balaban J connectivity index is 2.17. The summed E-state index contributed by atoms with van der Waals surface area (Å²) in [6, 6.07) is 19.9. The molecule has 0 aliphatic heterocycles. The second-order valence-electron chi connectivity index (χ2n) is 8.27. The number of ether oxygens (including phenoxy) is 1. The summed E-state index contributed by atoms with van der Waals surface area (Å²) in [5, 5.41) is 14.9. The number of nitrogens with one attached hydrogen (secondary N) is 2. The Kier molecular flexibility index (Phi) is 8.42. The Morgan fingerprint density at radius 1 is 0.900 bits per heavy atom. The van der Waals surface area contributed by atoms with Crippen LogP contribution in [-0.2, 0) is 14.9 Å². The highest BCUT2D eigenvalue weighted by molar-refractivity contribution is 5.82. The molecular formula is C24H32N2O4. The number of benzene rings is 2. The molecule has 0 bridgehead atoms. The van der Waals surface area contributed by atoms with Gasteiger partial charge in [-0.25, -0.2) is 4.79 Å². The van der Waals surface area contributed by atoms with Gasteiger partial charge in [-0.05, 0) is 44.7 Å². The molecule has 2 rings (SSSR count).